The molecule has 0 aromatic carbocycles. The molecule has 1 aromatic rings. The second-order valence-electron chi connectivity index (χ2n) is 3.74. The topological polar surface area (TPSA) is 65.5 Å². The van der Waals surface area contributed by atoms with Crippen LogP contribution in [0.2, 0.25) is 0 Å². The van der Waals surface area contributed by atoms with Crippen LogP contribution in [0.15, 0.2) is 6.20 Å². The number of rotatable bonds is 9. The molecule has 6 nitrogen and oxygen atoms in total. The van der Waals surface area contributed by atoms with Crippen LogP contribution in [0.1, 0.15) is 12.0 Å². The first-order chi connectivity index (χ1) is 8.77. The first-order valence-electron chi connectivity index (χ1n) is 5.98. The van der Waals surface area contributed by atoms with E-state index in [1.807, 2.05) is 6.92 Å². The third-order valence-electron chi connectivity index (χ3n) is 2.25. The minimum Gasteiger partial charge on any atom is -0.475 e. The van der Waals surface area contributed by atoms with Gasteiger partial charge < -0.3 is 19.5 Å². The highest BCUT2D eigenvalue weighted by Gasteiger charge is 2.03. The minimum absolute atomic E-state index is 0.480. The van der Waals surface area contributed by atoms with Gasteiger partial charge in [0.1, 0.15) is 6.61 Å². The van der Waals surface area contributed by atoms with Gasteiger partial charge in [-0.2, -0.15) is 4.98 Å². The normalized spacial score (nSPS) is 10.4. The van der Waals surface area contributed by atoms with Gasteiger partial charge in [-0.05, 0) is 13.3 Å². The Labute approximate surface area is 108 Å². The van der Waals surface area contributed by atoms with E-state index in [0.717, 1.165) is 18.6 Å². The van der Waals surface area contributed by atoms with Crippen LogP contribution in [0.25, 0.3) is 0 Å². The van der Waals surface area contributed by atoms with Gasteiger partial charge in [0.2, 0.25) is 11.8 Å². The van der Waals surface area contributed by atoms with E-state index in [2.05, 4.69) is 15.3 Å². The highest BCUT2D eigenvalue weighted by molar-refractivity contribution is 5.31. The van der Waals surface area contributed by atoms with Gasteiger partial charge in [-0.1, -0.05) is 0 Å². The average Bonchev–Trinajstić information content (AvgIpc) is 2.39. The van der Waals surface area contributed by atoms with E-state index in [-0.39, 0.29) is 0 Å². The van der Waals surface area contributed by atoms with Crippen LogP contribution >= 0.6 is 0 Å². The fourth-order valence-electron chi connectivity index (χ4n) is 1.30. The van der Waals surface area contributed by atoms with Crippen LogP contribution in [-0.2, 0) is 9.47 Å². The van der Waals surface area contributed by atoms with Gasteiger partial charge in [0.15, 0.2) is 0 Å². The van der Waals surface area contributed by atoms with Crippen molar-refractivity contribution >= 4 is 5.95 Å². The quantitative estimate of drug-likeness (QED) is 0.670. The number of nitrogens with zero attached hydrogens (tertiary/aromatic N) is 2. The molecule has 1 aromatic heterocycles. The van der Waals surface area contributed by atoms with Crippen molar-refractivity contribution in [2.24, 2.45) is 0 Å². The van der Waals surface area contributed by atoms with Crippen molar-refractivity contribution in [2.75, 3.05) is 45.9 Å². The highest BCUT2D eigenvalue weighted by Crippen LogP contribution is 2.14. The summed E-state index contributed by atoms with van der Waals surface area (Å²) in [5.41, 5.74) is 0.911. The van der Waals surface area contributed by atoms with Crippen LogP contribution in [0.3, 0.4) is 0 Å². The molecule has 102 valence electrons. The van der Waals surface area contributed by atoms with Crippen molar-refractivity contribution in [3.8, 4) is 5.88 Å². The molecule has 6 heteroatoms. The van der Waals surface area contributed by atoms with E-state index in [1.54, 1.807) is 20.4 Å². The molecule has 0 saturated heterocycles. The largest absolute Gasteiger partial charge is 0.475 e. The van der Waals surface area contributed by atoms with E-state index >= 15 is 0 Å². The molecule has 0 radical (unpaired) electrons. The maximum atomic E-state index is 5.54. The predicted molar refractivity (Wildman–Crippen MR) is 69.1 cm³/mol. The summed E-state index contributed by atoms with van der Waals surface area (Å²) in [5, 5.41) is 2.87. The van der Waals surface area contributed by atoms with Gasteiger partial charge >= 0.3 is 0 Å². The van der Waals surface area contributed by atoms with Gasteiger partial charge in [-0.15, -0.1) is 0 Å². The third-order valence-corrected chi connectivity index (χ3v) is 2.25. The van der Waals surface area contributed by atoms with Crippen molar-refractivity contribution < 1.29 is 14.2 Å². The van der Waals surface area contributed by atoms with Crippen molar-refractivity contribution in [1.29, 1.82) is 0 Å². The summed E-state index contributed by atoms with van der Waals surface area (Å²) in [6, 6.07) is 0. The Morgan fingerprint density at radius 3 is 2.78 bits per heavy atom. The minimum atomic E-state index is 0.480. The molecule has 0 amide bonds. The molecule has 1 N–H and O–H groups in total. The van der Waals surface area contributed by atoms with Crippen LogP contribution in [0.5, 0.6) is 5.88 Å². The van der Waals surface area contributed by atoms with Gasteiger partial charge in [-0.25, -0.2) is 4.98 Å². The summed E-state index contributed by atoms with van der Waals surface area (Å²) in [4.78, 5) is 8.31. The Morgan fingerprint density at radius 1 is 1.22 bits per heavy atom. The van der Waals surface area contributed by atoms with Crippen LogP contribution in [0.4, 0.5) is 5.95 Å². The SMILES string of the molecule is CNc1ncc(C)c(OCCOCCCOC)n1. The molecular weight excluding hydrogens is 234 g/mol. The lowest BCUT2D eigenvalue weighted by atomic mass is 10.4. The Morgan fingerprint density at radius 2 is 2.06 bits per heavy atom. The summed E-state index contributed by atoms with van der Waals surface area (Å²) < 4.78 is 15.9. The fraction of sp³-hybridized carbons (Fsp3) is 0.667. The molecular formula is C12H21N3O3. The van der Waals surface area contributed by atoms with Crippen molar-refractivity contribution in [1.82, 2.24) is 9.97 Å². The Bertz CT molecular complexity index is 347. The van der Waals surface area contributed by atoms with Crippen LogP contribution < -0.4 is 10.1 Å². The molecule has 0 fully saturated rings. The van der Waals surface area contributed by atoms with Crippen LogP contribution in [0, 0.1) is 6.92 Å². The fourth-order valence-corrected chi connectivity index (χ4v) is 1.30. The van der Waals surface area contributed by atoms with E-state index in [9.17, 15) is 0 Å². The standard InChI is InChI=1S/C12H21N3O3/c1-10-9-14-12(13-2)15-11(10)18-8-7-17-6-4-5-16-3/h9H,4-8H2,1-3H3,(H,13,14,15). The van der Waals surface area contributed by atoms with Crippen molar-refractivity contribution in [3.05, 3.63) is 11.8 Å². The molecule has 0 unspecified atom stereocenters. The first-order valence-corrected chi connectivity index (χ1v) is 5.98. The smallest absolute Gasteiger partial charge is 0.225 e. The van der Waals surface area contributed by atoms with Crippen molar-refractivity contribution in [3.63, 3.8) is 0 Å². The lowest BCUT2D eigenvalue weighted by molar-refractivity contribution is 0.0794. The highest BCUT2D eigenvalue weighted by atomic mass is 16.5. The predicted octanol–water partition coefficient (Wildman–Crippen LogP) is 1.26. The molecule has 0 aliphatic carbocycles. The van der Waals surface area contributed by atoms with E-state index in [4.69, 9.17) is 14.2 Å². The molecule has 0 atom stereocenters. The summed E-state index contributed by atoms with van der Waals surface area (Å²) >= 11 is 0. The van der Waals surface area contributed by atoms with Crippen LogP contribution in [-0.4, -0.2) is 50.6 Å². The van der Waals surface area contributed by atoms with Gasteiger partial charge in [0, 0.05) is 39.1 Å². The summed E-state index contributed by atoms with van der Waals surface area (Å²) in [5.74, 6) is 1.14. The Balaban J connectivity index is 2.22. The zero-order chi connectivity index (χ0) is 13.2. The summed E-state index contributed by atoms with van der Waals surface area (Å²) in [7, 11) is 3.45. The van der Waals surface area contributed by atoms with Gasteiger partial charge in [-0.3, -0.25) is 0 Å². The molecule has 0 spiro atoms. The third kappa shape index (κ3) is 5.29. The van der Waals surface area contributed by atoms with Gasteiger partial charge in [0.05, 0.1) is 6.61 Å². The molecule has 0 bridgehead atoms. The second-order valence-corrected chi connectivity index (χ2v) is 3.74. The average molecular weight is 255 g/mol. The Hall–Kier alpha value is -1.40. The second kappa shape index (κ2) is 8.66. The zero-order valence-corrected chi connectivity index (χ0v) is 11.2. The number of hydrogen-bond donors (Lipinski definition) is 1. The number of ether oxygens (including phenoxy) is 3. The number of aryl methyl sites for hydroxylation is 1. The first kappa shape index (κ1) is 14.7. The van der Waals surface area contributed by atoms with Crippen molar-refractivity contribution in [2.45, 2.75) is 13.3 Å². The number of anilines is 1. The lowest BCUT2D eigenvalue weighted by Crippen LogP contribution is -2.10. The number of hydrogen-bond acceptors (Lipinski definition) is 6. The molecule has 1 rings (SSSR count). The van der Waals surface area contributed by atoms with Gasteiger partial charge in [0.25, 0.3) is 0 Å². The number of methoxy groups -OCH3 is 1. The summed E-state index contributed by atoms with van der Waals surface area (Å²) in [6.07, 6.45) is 2.63. The molecule has 1 heterocycles. The maximum Gasteiger partial charge on any atom is 0.225 e. The summed E-state index contributed by atoms with van der Waals surface area (Å²) in [6.45, 7) is 4.34. The number of nitrogens with one attached hydrogen (secondary N) is 1. The molecule has 18 heavy (non-hydrogen) atoms. The molecule has 0 aliphatic rings. The lowest BCUT2D eigenvalue weighted by Gasteiger charge is -2.09. The Kier molecular flexibility index (Phi) is 7.05. The van der Waals surface area contributed by atoms with E-state index in [1.165, 1.54) is 0 Å². The van der Waals surface area contributed by atoms with E-state index in [0.29, 0.717) is 31.6 Å². The van der Waals surface area contributed by atoms with E-state index < -0.39 is 0 Å². The zero-order valence-electron chi connectivity index (χ0n) is 11.2. The molecule has 0 aliphatic heterocycles. The monoisotopic (exact) mass is 255 g/mol. The maximum absolute atomic E-state index is 5.54. The number of aromatic nitrogens is 2. The molecule has 0 saturated carbocycles.